The fraction of sp³-hybridized carbons (Fsp3) is 0.375. The first kappa shape index (κ1) is 10.2. The second kappa shape index (κ2) is 4.40. The van der Waals surface area contributed by atoms with Gasteiger partial charge < -0.3 is 10.2 Å². The van der Waals surface area contributed by atoms with Gasteiger partial charge in [-0.2, -0.15) is 5.10 Å². The Labute approximate surface area is 81.3 Å². The van der Waals surface area contributed by atoms with Crippen LogP contribution in [0.5, 0.6) is 0 Å². The van der Waals surface area contributed by atoms with Gasteiger partial charge in [-0.25, -0.2) is 0 Å². The number of hydrogen-bond donors (Lipinski definition) is 2. The summed E-state index contributed by atoms with van der Waals surface area (Å²) in [5.74, 6) is 0.115. The molecule has 14 heavy (non-hydrogen) atoms. The molecule has 1 heterocycles. The molecular formula is C8H12N4O2. The van der Waals surface area contributed by atoms with Crippen LogP contribution < -0.4 is 5.32 Å². The molecule has 6 heteroatoms. The van der Waals surface area contributed by atoms with E-state index >= 15 is 0 Å². The number of aromatic nitrogens is 2. The van der Waals surface area contributed by atoms with Crippen LogP contribution in [0, 0.1) is 0 Å². The number of hydrogen-bond acceptors (Lipinski definition) is 3. The van der Waals surface area contributed by atoms with E-state index in [0.717, 1.165) is 0 Å². The topological polar surface area (TPSA) is 78.1 Å². The third kappa shape index (κ3) is 2.89. The van der Waals surface area contributed by atoms with Crippen LogP contribution in [0.2, 0.25) is 0 Å². The highest BCUT2D eigenvalue weighted by Gasteiger charge is 2.08. The number of nitrogens with one attached hydrogen (secondary N) is 2. The maximum atomic E-state index is 11.3. The highest BCUT2D eigenvalue weighted by molar-refractivity contribution is 5.93. The zero-order chi connectivity index (χ0) is 10.6. The van der Waals surface area contributed by atoms with Crippen LogP contribution in [0.3, 0.4) is 0 Å². The van der Waals surface area contributed by atoms with Gasteiger partial charge in [0.2, 0.25) is 11.8 Å². The van der Waals surface area contributed by atoms with Gasteiger partial charge in [0, 0.05) is 20.0 Å². The van der Waals surface area contributed by atoms with Crippen LogP contribution in [-0.2, 0) is 9.59 Å². The Kier molecular flexibility index (Phi) is 3.22. The minimum absolute atomic E-state index is 0.0361. The highest BCUT2D eigenvalue weighted by atomic mass is 16.2. The number of nitrogens with zero attached hydrogens (tertiary/aromatic N) is 2. The monoisotopic (exact) mass is 196 g/mol. The largest absolute Gasteiger partial charge is 0.337 e. The molecule has 0 saturated heterocycles. The van der Waals surface area contributed by atoms with E-state index < -0.39 is 0 Å². The lowest BCUT2D eigenvalue weighted by molar-refractivity contribution is -0.131. The molecule has 0 aliphatic heterocycles. The quantitative estimate of drug-likeness (QED) is 0.704. The third-order valence-corrected chi connectivity index (χ3v) is 1.69. The van der Waals surface area contributed by atoms with Crippen molar-refractivity contribution in [1.29, 1.82) is 0 Å². The fourth-order valence-corrected chi connectivity index (χ4v) is 0.842. The number of H-pyrrole nitrogens is 1. The number of aromatic amines is 1. The lowest BCUT2D eigenvalue weighted by Crippen LogP contribution is -2.33. The number of likely N-dealkylation sites (N-methyl/N-ethyl adjacent to an activating group) is 1. The van der Waals surface area contributed by atoms with E-state index in [1.54, 1.807) is 13.1 Å². The standard InChI is InChI=1S/C8H12N4O2/c1-6(13)12(2)5-8(14)10-7-3-4-9-11-7/h3-4H,5H2,1-2H3,(H2,9,10,11,14). The Morgan fingerprint density at radius 3 is 2.86 bits per heavy atom. The van der Waals surface area contributed by atoms with E-state index in [1.165, 1.54) is 18.0 Å². The highest BCUT2D eigenvalue weighted by Crippen LogP contribution is 1.98. The van der Waals surface area contributed by atoms with Crippen LogP contribution in [0.1, 0.15) is 6.92 Å². The predicted octanol–water partition coefficient (Wildman–Crippen LogP) is -0.174. The number of carbonyl (C=O) groups excluding carboxylic acids is 2. The van der Waals surface area contributed by atoms with Crippen molar-refractivity contribution in [3.05, 3.63) is 12.3 Å². The molecule has 0 saturated carbocycles. The van der Waals surface area contributed by atoms with Gasteiger partial charge in [0.1, 0.15) is 5.82 Å². The van der Waals surface area contributed by atoms with Crippen LogP contribution >= 0.6 is 0 Å². The van der Waals surface area contributed by atoms with Crippen molar-refractivity contribution in [3.63, 3.8) is 0 Å². The van der Waals surface area contributed by atoms with Gasteiger partial charge >= 0.3 is 0 Å². The van der Waals surface area contributed by atoms with E-state index in [4.69, 9.17) is 0 Å². The second-order valence-electron chi connectivity index (χ2n) is 2.89. The van der Waals surface area contributed by atoms with Crippen molar-refractivity contribution >= 4 is 17.6 Å². The van der Waals surface area contributed by atoms with Crippen LogP contribution in [0.15, 0.2) is 12.3 Å². The van der Waals surface area contributed by atoms with Gasteiger partial charge in [0.25, 0.3) is 0 Å². The molecule has 1 aromatic heterocycles. The number of anilines is 1. The third-order valence-electron chi connectivity index (χ3n) is 1.69. The van der Waals surface area contributed by atoms with Crippen LogP contribution in [0.4, 0.5) is 5.82 Å². The molecule has 0 aromatic carbocycles. The zero-order valence-corrected chi connectivity index (χ0v) is 8.07. The van der Waals surface area contributed by atoms with Crippen molar-refractivity contribution in [2.75, 3.05) is 18.9 Å². The van der Waals surface area contributed by atoms with Crippen molar-refractivity contribution in [2.24, 2.45) is 0 Å². The Morgan fingerprint density at radius 2 is 2.36 bits per heavy atom. The summed E-state index contributed by atoms with van der Waals surface area (Å²) < 4.78 is 0. The normalized spacial score (nSPS) is 9.57. The van der Waals surface area contributed by atoms with E-state index in [1.807, 2.05) is 0 Å². The molecular weight excluding hydrogens is 184 g/mol. The number of amides is 2. The first-order chi connectivity index (χ1) is 6.59. The van der Waals surface area contributed by atoms with Gasteiger partial charge in [-0.15, -0.1) is 0 Å². The molecule has 0 fully saturated rings. The summed E-state index contributed by atoms with van der Waals surface area (Å²) >= 11 is 0. The average molecular weight is 196 g/mol. The maximum Gasteiger partial charge on any atom is 0.245 e. The maximum absolute atomic E-state index is 11.3. The molecule has 1 aromatic rings. The Bertz CT molecular complexity index is 320. The Morgan fingerprint density at radius 1 is 1.64 bits per heavy atom. The summed E-state index contributed by atoms with van der Waals surface area (Å²) in [5, 5.41) is 8.81. The van der Waals surface area contributed by atoms with Crippen LogP contribution in [-0.4, -0.2) is 40.5 Å². The molecule has 0 aliphatic carbocycles. The predicted molar refractivity (Wildman–Crippen MR) is 50.5 cm³/mol. The molecule has 6 nitrogen and oxygen atoms in total. The van der Waals surface area contributed by atoms with E-state index in [9.17, 15) is 9.59 Å². The van der Waals surface area contributed by atoms with Crippen molar-refractivity contribution in [3.8, 4) is 0 Å². The molecule has 0 bridgehead atoms. The molecule has 2 N–H and O–H groups in total. The molecule has 0 aliphatic rings. The smallest absolute Gasteiger partial charge is 0.245 e. The van der Waals surface area contributed by atoms with Crippen LogP contribution in [0.25, 0.3) is 0 Å². The van der Waals surface area contributed by atoms with Crippen molar-refractivity contribution < 1.29 is 9.59 Å². The minimum atomic E-state index is -0.257. The molecule has 0 radical (unpaired) electrons. The van der Waals surface area contributed by atoms with E-state index in [0.29, 0.717) is 5.82 Å². The average Bonchev–Trinajstić information content (AvgIpc) is 2.56. The molecule has 76 valence electrons. The summed E-state index contributed by atoms with van der Waals surface area (Å²) in [5.41, 5.74) is 0. The number of rotatable bonds is 3. The van der Waals surface area contributed by atoms with Gasteiger partial charge in [-0.05, 0) is 0 Å². The minimum Gasteiger partial charge on any atom is -0.337 e. The first-order valence-corrected chi connectivity index (χ1v) is 4.10. The molecule has 0 unspecified atom stereocenters. The second-order valence-corrected chi connectivity index (χ2v) is 2.89. The molecule has 1 rings (SSSR count). The van der Waals surface area contributed by atoms with Crippen molar-refractivity contribution in [2.45, 2.75) is 6.92 Å². The summed E-state index contributed by atoms with van der Waals surface area (Å²) in [6, 6.07) is 1.63. The Hall–Kier alpha value is -1.85. The van der Waals surface area contributed by atoms with Gasteiger partial charge in [0.05, 0.1) is 12.7 Å². The summed E-state index contributed by atoms with van der Waals surface area (Å²) in [4.78, 5) is 23.4. The zero-order valence-electron chi connectivity index (χ0n) is 8.07. The van der Waals surface area contributed by atoms with E-state index in [-0.39, 0.29) is 18.4 Å². The lowest BCUT2D eigenvalue weighted by atomic mass is 10.5. The van der Waals surface area contributed by atoms with Gasteiger partial charge in [-0.3, -0.25) is 14.7 Å². The summed E-state index contributed by atoms with van der Waals surface area (Å²) in [7, 11) is 1.56. The lowest BCUT2D eigenvalue weighted by Gasteiger charge is -2.13. The Balaban J connectivity index is 2.40. The molecule has 2 amide bonds. The SMILES string of the molecule is CC(=O)N(C)CC(=O)Nc1ccn[nH]1. The summed E-state index contributed by atoms with van der Waals surface area (Å²) in [6.45, 7) is 1.44. The fourth-order valence-electron chi connectivity index (χ4n) is 0.842. The molecule has 0 spiro atoms. The molecule has 0 atom stereocenters. The van der Waals surface area contributed by atoms with Gasteiger partial charge in [-0.1, -0.05) is 0 Å². The first-order valence-electron chi connectivity index (χ1n) is 4.10. The summed E-state index contributed by atoms with van der Waals surface area (Å²) in [6.07, 6.45) is 1.53. The number of carbonyl (C=O) groups is 2. The van der Waals surface area contributed by atoms with E-state index in [2.05, 4.69) is 15.5 Å². The van der Waals surface area contributed by atoms with Crippen molar-refractivity contribution in [1.82, 2.24) is 15.1 Å². The van der Waals surface area contributed by atoms with Gasteiger partial charge in [0.15, 0.2) is 0 Å².